The van der Waals surface area contributed by atoms with Crippen LogP contribution in [0.2, 0.25) is 0 Å². The van der Waals surface area contributed by atoms with Crippen molar-refractivity contribution in [2.75, 3.05) is 0 Å². The summed E-state index contributed by atoms with van der Waals surface area (Å²) in [6.45, 7) is 2.23. The second-order valence-corrected chi connectivity index (χ2v) is 5.86. The van der Waals surface area contributed by atoms with E-state index in [1.165, 1.54) is 37.6 Å². The number of nitrogens with one attached hydrogen (secondary N) is 2. The number of benzene rings is 1. The Morgan fingerprint density at radius 1 is 1.33 bits per heavy atom. The number of aromatic hydroxyl groups is 2. The molecule has 0 unspecified atom stereocenters. The molecule has 4 N–H and O–H groups in total. The van der Waals surface area contributed by atoms with Gasteiger partial charge in [-0.3, -0.25) is 5.43 Å². The Balaban J connectivity index is 1.84. The van der Waals surface area contributed by atoms with Gasteiger partial charge in [0.1, 0.15) is 11.5 Å². The van der Waals surface area contributed by atoms with Crippen LogP contribution < -0.4 is 10.7 Å². The first kappa shape index (κ1) is 15.6. The molecular formula is C15H21N3O2S. The van der Waals surface area contributed by atoms with Gasteiger partial charge in [0.05, 0.1) is 6.21 Å². The van der Waals surface area contributed by atoms with Crippen LogP contribution in [0.15, 0.2) is 23.3 Å². The minimum absolute atomic E-state index is 0.0149. The third kappa shape index (κ3) is 4.60. The Bertz CT molecular complexity index is 534. The molecular weight excluding hydrogens is 286 g/mol. The van der Waals surface area contributed by atoms with Gasteiger partial charge in [0, 0.05) is 17.7 Å². The van der Waals surface area contributed by atoms with Crippen molar-refractivity contribution < 1.29 is 10.2 Å². The van der Waals surface area contributed by atoms with E-state index in [9.17, 15) is 10.2 Å². The number of hydrogen-bond acceptors (Lipinski definition) is 4. The van der Waals surface area contributed by atoms with Gasteiger partial charge >= 0.3 is 0 Å². The number of phenolic OH excluding ortho intramolecular Hbond substituents is 2. The van der Waals surface area contributed by atoms with Crippen molar-refractivity contribution in [1.29, 1.82) is 0 Å². The predicted molar refractivity (Wildman–Crippen MR) is 87.7 cm³/mol. The van der Waals surface area contributed by atoms with Crippen LogP contribution in [0, 0.1) is 5.92 Å². The summed E-state index contributed by atoms with van der Waals surface area (Å²) in [6.07, 6.45) is 6.34. The second-order valence-electron chi connectivity index (χ2n) is 5.45. The lowest BCUT2D eigenvalue weighted by Crippen LogP contribution is -2.44. The molecule has 21 heavy (non-hydrogen) atoms. The number of hydrogen-bond donors (Lipinski definition) is 4. The van der Waals surface area contributed by atoms with Crippen molar-refractivity contribution >= 4 is 23.5 Å². The summed E-state index contributed by atoms with van der Waals surface area (Å²) >= 11 is 5.22. The average Bonchev–Trinajstić information content (AvgIpc) is 2.44. The summed E-state index contributed by atoms with van der Waals surface area (Å²) in [4.78, 5) is 0. The highest BCUT2D eigenvalue weighted by atomic mass is 32.1. The molecule has 1 saturated carbocycles. The van der Waals surface area contributed by atoms with Crippen molar-refractivity contribution in [3.63, 3.8) is 0 Å². The van der Waals surface area contributed by atoms with Crippen LogP contribution in [0.25, 0.3) is 0 Å². The van der Waals surface area contributed by atoms with E-state index in [4.69, 9.17) is 12.2 Å². The molecule has 6 heteroatoms. The van der Waals surface area contributed by atoms with Crippen molar-refractivity contribution in [1.82, 2.24) is 10.7 Å². The highest BCUT2D eigenvalue weighted by Gasteiger charge is 2.21. The van der Waals surface area contributed by atoms with E-state index in [0.717, 1.165) is 6.42 Å². The van der Waals surface area contributed by atoms with Crippen LogP contribution in [-0.2, 0) is 0 Å². The van der Waals surface area contributed by atoms with Gasteiger partial charge in [0.15, 0.2) is 5.11 Å². The molecule has 2 atom stereocenters. The Morgan fingerprint density at radius 2 is 2.10 bits per heavy atom. The molecule has 0 bridgehead atoms. The maximum Gasteiger partial charge on any atom is 0.187 e. The lowest BCUT2D eigenvalue weighted by Gasteiger charge is -2.30. The van der Waals surface area contributed by atoms with Gasteiger partial charge in [0.2, 0.25) is 0 Å². The SMILES string of the molecule is C[C@@H]1CCCC[C@@H]1NC(=S)N/N=C/c1ccc(O)cc1O. The van der Waals surface area contributed by atoms with Crippen LogP contribution in [-0.4, -0.2) is 27.6 Å². The lowest BCUT2D eigenvalue weighted by atomic mass is 9.86. The topological polar surface area (TPSA) is 76.9 Å². The highest BCUT2D eigenvalue weighted by molar-refractivity contribution is 7.80. The molecule has 1 aliphatic carbocycles. The molecule has 2 rings (SSSR count). The van der Waals surface area contributed by atoms with Gasteiger partial charge in [0.25, 0.3) is 0 Å². The molecule has 0 spiro atoms. The van der Waals surface area contributed by atoms with Crippen LogP contribution in [0.3, 0.4) is 0 Å². The molecule has 0 aromatic heterocycles. The summed E-state index contributed by atoms with van der Waals surface area (Å²) in [7, 11) is 0. The average molecular weight is 307 g/mol. The largest absolute Gasteiger partial charge is 0.508 e. The molecule has 1 aromatic rings. The number of hydrazone groups is 1. The van der Waals surface area contributed by atoms with E-state index < -0.39 is 0 Å². The lowest BCUT2D eigenvalue weighted by molar-refractivity contribution is 0.308. The summed E-state index contributed by atoms with van der Waals surface area (Å²) < 4.78 is 0. The molecule has 0 saturated heterocycles. The molecule has 1 aromatic carbocycles. The molecule has 0 heterocycles. The highest BCUT2D eigenvalue weighted by Crippen LogP contribution is 2.23. The van der Waals surface area contributed by atoms with E-state index in [2.05, 4.69) is 22.8 Å². The first-order valence-corrected chi connectivity index (χ1v) is 7.58. The number of thiocarbonyl (C=S) groups is 1. The van der Waals surface area contributed by atoms with Gasteiger partial charge in [-0.05, 0) is 43.1 Å². The van der Waals surface area contributed by atoms with E-state index in [-0.39, 0.29) is 11.5 Å². The molecule has 114 valence electrons. The summed E-state index contributed by atoms with van der Waals surface area (Å²) in [5, 5.41) is 26.6. The quantitative estimate of drug-likeness (QED) is 0.392. The van der Waals surface area contributed by atoms with Crippen molar-refractivity contribution in [2.24, 2.45) is 11.0 Å². The zero-order valence-corrected chi connectivity index (χ0v) is 12.9. The van der Waals surface area contributed by atoms with Crippen LogP contribution in [0.4, 0.5) is 0 Å². The second kappa shape index (κ2) is 7.26. The summed E-state index contributed by atoms with van der Waals surface area (Å²) in [6, 6.07) is 4.73. The maximum atomic E-state index is 9.62. The van der Waals surface area contributed by atoms with E-state index in [1.807, 2.05) is 0 Å². The normalized spacial score (nSPS) is 22.1. The van der Waals surface area contributed by atoms with Gasteiger partial charge in [-0.1, -0.05) is 19.8 Å². The van der Waals surface area contributed by atoms with E-state index >= 15 is 0 Å². The zero-order valence-electron chi connectivity index (χ0n) is 12.0. The first-order chi connectivity index (χ1) is 10.1. The Morgan fingerprint density at radius 3 is 2.81 bits per heavy atom. The van der Waals surface area contributed by atoms with Crippen molar-refractivity contribution in [3.05, 3.63) is 23.8 Å². The fraction of sp³-hybridized carbons (Fsp3) is 0.467. The van der Waals surface area contributed by atoms with Crippen molar-refractivity contribution in [2.45, 2.75) is 38.6 Å². The van der Waals surface area contributed by atoms with Crippen LogP contribution in [0.5, 0.6) is 11.5 Å². The zero-order chi connectivity index (χ0) is 15.2. The Labute approximate surface area is 130 Å². The standard InChI is InChI=1S/C15H21N3O2S/c1-10-4-2-3-5-13(10)17-15(21)18-16-9-11-6-7-12(19)8-14(11)20/h6-10,13,19-20H,2-5H2,1H3,(H2,17,18,21)/b16-9+/t10-,13+/m1/s1. The molecule has 1 fully saturated rings. The Kier molecular flexibility index (Phi) is 5.38. The van der Waals surface area contributed by atoms with Crippen LogP contribution >= 0.6 is 12.2 Å². The van der Waals surface area contributed by atoms with E-state index in [0.29, 0.717) is 22.6 Å². The third-order valence-corrected chi connectivity index (χ3v) is 4.02. The van der Waals surface area contributed by atoms with Gasteiger partial charge < -0.3 is 15.5 Å². The molecule has 1 aliphatic rings. The van der Waals surface area contributed by atoms with E-state index in [1.54, 1.807) is 6.07 Å². The maximum absolute atomic E-state index is 9.62. The Hall–Kier alpha value is -1.82. The fourth-order valence-electron chi connectivity index (χ4n) is 2.53. The summed E-state index contributed by atoms with van der Waals surface area (Å²) in [5.74, 6) is 0.602. The number of nitrogens with zero attached hydrogens (tertiary/aromatic N) is 1. The fourth-order valence-corrected chi connectivity index (χ4v) is 2.74. The summed E-state index contributed by atoms with van der Waals surface area (Å²) in [5.41, 5.74) is 3.27. The van der Waals surface area contributed by atoms with Crippen molar-refractivity contribution in [3.8, 4) is 11.5 Å². The van der Waals surface area contributed by atoms with Gasteiger partial charge in [-0.2, -0.15) is 5.10 Å². The first-order valence-electron chi connectivity index (χ1n) is 7.18. The smallest absolute Gasteiger partial charge is 0.187 e. The molecule has 0 aliphatic heterocycles. The van der Waals surface area contributed by atoms with Gasteiger partial charge in [-0.25, -0.2) is 0 Å². The predicted octanol–water partition coefficient (Wildman–Crippen LogP) is 2.47. The minimum Gasteiger partial charge on any atom is -0.508 e. The molecule has 5 nitrogen and oxygen atoms in total. The van der Waals surface area contributed by atoms with Crippen LogP contribution in [0.1, 0.15) is 38.2 Å². The monoisotopic (exact) mass is 307 g/mol. The molecule has 0 amide bonds. The van der Waals surface area contributed by atoms with Gasteiger partial charge in [-0.15, -0.1) is 0 Å². The number of phenols is 2. The third-order valence-electron chi connectivity index (χ3n) is 3.81. The molecule has 0 radical (unpaired) electrons. The number of rotatable bonds is 3. The minimum atomic E-state index is -0.0275.